The minimum Gasteiger partial charge on any atom is -0.494 e. The Bertz CT molecular complexity index is 1220. The average molecular weight is 487 g/mol. The highest BCUT2D eigenvalue weighted by Gasteiger charge is 2.15. The van der Waals surface area contributed by atoms with Crippen LogP contribution in [-0.2, 0) is 13.2 Å². The molecule has 10 heteroatoms. The molecule has 33 heavy (non-hydrogen) atoms. The van der Waals surface area contributed by atoms with Crippen molar-refractivity contribution in [3.8, 4) is 11.5 Å². The Morgan fingerprint density at radius 1 is 1.03 bits per heavy atom. The number of ether oxygens (including phenoxy) is 2. The summed E-state index contributed by atoms with van der Waals surface area (Å²) in [5.74, 6) is 1.70. The molecule has 2 heterocycles. The summed E-state index contributed by atoms with van der Waals surface area (Å²) >= 11 is 12.4. The second-order valence-electron chi connectivity index (χ2n) is 6.88. The van der Waals surface area contributed by atoms with Gasteiger partial charge in [0.2, 0.25) is 5.95 Å². The maximum absolute atomic E-state index is 12.5. The molecule has 2 aromatic heterocycles. The summed E-state index contributed by atoms with van der Waals surface area (Å²) in [6, 6.07) is 15.8. The molecule has 0 spiro atoms. The van der Waals surface area contributed by atoms with E-state index in [4.69, 9.17) is 37.1 Å². The molecule has 0 unspecified atom stereocenters. The molecule has 0 aliphatic heterocycles. The summed E-state index contributed by atoms with van der Waals surface area (Å²) in [4.78, 5) is 16.6. The van der Waals surface area contributed by atoms with Gasteiger partial charge in [0.15, 0.2) is 5.76 Å². The molecule has 0 aliphatic rings. The molecule has 1 amide bonds. The van der Waals surface area contributed by atoms with Gasteiger partial charge in [0.25, 0.3) is 5.91 Å². The van der Waals surface area contributed by atoms with Crippen molar-refractivity contribution in [2.75, 3.05) is 11.9 Å². The number of amides is 1. The third-order valence-corrected chi connectivity index (χ3v) is 5.25. The first kappa shape index (κ1) is 22.7. The molecular formula is C23H20Cl2N4O4. The van der Waals surface area contributed by atoms with Crippen LogP contribution >= 0.6 is 23.2 Å². The molecule has 1 N–H and O–H groups in total. The number of halogens is 2. The van der Waals surface area contributed by atoms with Crippen LogP contribution in [0, 0.1) is 0 Å². The Balaban J connectivity index is 1.32. The van der Waals surface area contributed by atoms with E-state index in [1.807, 2.05) is 19.1 Å². The zero-order valence-electron chi connectivity index (χ0n) is 17.6. The Hall–Kier alpha value is -3.49. The summed E-state index contributed by atoms with van der Waals surface area (Å²) in [7, 11) is 0. The Morgan fingerprint density at radius 3 is 2.42 bits per heavy atom. The van der Waals surface area contributed by atoms with Crippen LogP contribution in [-0.4, -0.2) is 27.3 Å². The maximum Gasteiger partial charge on any atom is 0.293 e. The number of anilines is 1. The van der Waals surface area contributed by atoms with Gasteiger partial charge >= 0.3 is 0 Å². The lowest BCUT2D eigenvalue weighted by Gasteiger charge is -2.06. The standard InChI is InChI=1S/C23H20Cl2N4O4/c1-2-31-15-6-8-16(9-7-15)32-13-17-10-11-21(33-17)22(30)27-23-26-14-29(28-23)12-18-19(24)4-3-5-20(18)25/h3-11,14H,2,12-13H2,1H3,(H,27,28,30). The van der Waals surface area contributed by atoms with Crippen molar-refractivity contribution in [3.63, 3.8) is 0 Å². The Kier molecular flexibility index (Phi) is 7.16. The average Bonchev–Trinajstić information content (AvgIpc) is 3.46. The third-order valence-electron chi connectivity index (χ3n) is 4.54. The quantitative estimate of drug-likeness (QED) is 0.337. The van der Waals surface area contributed by atoms with Gasteiger partial charge < -0.3 is 13.9 Å². The van der Waals surface area contributed by atoms with E-state index in [-0.39, 0.29) is 18.3 Å². The fourth-order valence-electron chi connectivity index (χ4n) is 2.97. The molecule has 0 radical (unpaired) electrons. The zero-order valence-corrected chi connectivity index (χ0v) is 19.1. The van der Waals surface area contributed by atoms with E-state index in [1.54, 1.807) is 42.5 Å². The minimum absolute atomic E-state index is 0.116. The topological polar surface area (TPSA) is 91.4 Å². The van der Waals surface area contributed by atoms with Crippen LogP contribution in [0.1, 0.15) is 28.8 Å². The second-order valence-corrected chi connectivity index (χ2v) is 7.69. The van der Waals surface area contributed by atoms with Gasteiger partial charge in [0.1, 0.15) is 30.2 Å². The van der Waals surface area contributed by atoms with E-state index >= 15 is 0 Å². The first-order chi connectivity index (χ1) is 16.0. The van der Waals surface area contributed by atoms with Gasteiger partial charge in [-0.1, -0.05) is 29.3 Å². The summed E-state index contributed by atoms with van der Waals surface area (Å²) in [6.07, 6.45) is 1.48. The number of nitrogens with zero attached hydrogens (tertiary/aromatic N) is 3. The molecule has 4 aromatic rings. The van der Waals surface area contributed by atoms with Crippen LogP contribution < -0.4 is 14.8 Å². The number of aromatic nitrogens is 3. The van der Waals surface area contributed by atoms with Crippen LogP contribution in [0.25, 0.3) is 0 Å². The van der Waals surface area contributed by atoms with Gasteiger partial charge in [-0.3, -0.25) is 10.1 Å². The second kappa shape index (κ2) is 10.4. The first-order valence-corrected chi connectivity index (χ1v) is 10.9. The van der Waals surface area contributed by atoms with Crippen molar-refractivity contribution in [2.24, 2.45) is 0 Å². The van der Waals surface area contributed by atoms with Crippen LogP contribution in [0.3, 0.4) is 0 Å². The summed E-state index contributed by atoms with van der Waals surface area (Å²) in [5, 5.41) is 7.89. The lowest BCUT2D eigenvalue weighted by molar-refractivity contribution is 0.0991. The van der Waals surface area contributed by atoms with Gasteiger partial charge in [-0.25, -0.2) is 9.67 Å². The summed E-state index contributed by atoms with van der Waals surface area (Å²) < 4.78 is 18.2. The van der Waals surface area contributed by atoms with Crippen molar-refractivity contribution in [3.05, 3.63) is 88.1 Å². The smallest absolute Gasteiger partial charge is 0.293 e. The highest BCUT2D eigenvalue weighted by Crippen LogP contribution is 2.25. The third kappa shape index (κ3) is 5.85. The molecule has 0 saturated carbocycles. The predicted octanol–water partition coefficient (Wildman–Crippen LogP) is 5.46. The molecule has 0 aliphatic carbocycles. The van der Waals surface area contributed by atoms with Gasteiger partial charge in [0.05, 0.1) is 13.2 Å². The van der Waals surface area contributed by atoms with Gasteiger partial charge in [-0.2, -0.15) is 0 Å². The number of hydrogen-bond donors (Lipinski definition) is 1. The van der Waals surface area contributed by atoms with Crippen molar-refractivity contribution in [1.82, 2.24) is 14.8 Å². The van der Waals surface area contributed by atoms with Crippen LogP contribution in [0.2, 0.25) is 10.0 Å². The van der Waals surface area contributed by atoms with E-state index < -0.39 is 5.91 Å². The van der Waals surface area contributed by atoms with E-state index in [0.717, 1.165) is 5.75 Å². The Morgan fingerprint density at radius 2 is 1.73 bits per heavy atom. The minimum atomic E-state index is -0.476. The van der Waals surface area contributed by atoms with E-state index in [0.29, 0.717) is 40.3 Å². The molecule has 2 aromatic carbocycles. The molecule has 0 bridgehead atoms. The van der Waals surface area contributed by atoms with Crippen LogP contribution in [0.4, 0.5) is 5.95 Å². The number of carbonyl (C=O) groups excluding carboxylic acids is 1. The molecule has 0 atom stereocenters. The predicted molar refractivity (Wildman–Crippen MR) is 124 cm³/mol. The summed E-state index contributed by atoms with van der Waals surface area (Å²) in [6.45, 7) is 3.01. The lowest BCUT2D eigenvalue weighted by atomic mass is 10.2. The number of rotatable bonds is 9. The number of nitrogens with one attached hydrogen (secondary N) is 1. The molecule has 4 rings (SSSR count). The van der Waals surface area contributed by atoms with Crippen LogP contribution in [0.15, 0.2) is 65.3 Å². The van der Waals surface area contributed by atoms with E-state index in [2.05, 4.69) is 15.4 Å². The fraction of sp³-hybridized carbons (Fsp3) is 0.174. The number of carbonyl (C=O) groups is 1. The largest absolute Gasteiger partial charge is 0.494 e. The molecular weight excluding hydrogens is 467 g/mol. The monoisotopic (exact) mass is 486 g/mol. The lowest BCUT2D eigenvalue weighted by Crippen LogP contribution is -2.12. The van der Waals surface area contributed by atoms with Gasteiger partial charge in [-0.05, 0) is 55.5 Å². The normalized spacial score (nSPS) is 10.8. The number of hydrogen-bond acceptors (Lipinski definition) is 6. The Labute approximate surface area is 200 Å². The van der Waals surface area contributed by atoms with Gasteiger partial charge in [0, 0.05) is 15.6 Å². The van der Waals surface area contributed by atoms with Crippen molar-refractivity contribution in [1.29, 1.82) is 0 Å². The molecule has 0 fully saturated rings. The first-order valence-electron chi connectivity index (χ1n) is 10.1. The van der Waals surface area contributed by atoms with Crippen molar-refractivity contribution < 1.29 is 18.7 Å². The van der Waals surface area contributed by atoms with Crippen LogP contribution in [0.5, 0.6) is 11.5 Å². The summed E-state index contributed by atoms with van der Waals surface area (Å²) in [5.41, 5.74) is 0.715. The highest BCUT2D eigenvalue weighted by molar-refractivity contribution is 6.35. The zero-order chi connectivity index (χ0) is 23.2. The SMILES string of the molecule is CCOc1ccc(OCc2ccc(C(=O)Nc3ncn(Cc4c(Cl)cccc4Cl)n3)o2)cc1. The number of furan rings is 1. The fourth-order valence-corrected chi connectivity index (χ4v) is 3.48. The molecule has 170 valence electrons. The maximum atomic E-state index is 12.5. The highest BCUT2D eigenvalue weighted by atomic mass is 35.5. The van der Waals surface area contributed by atoms with E-state index in [9.17, 15) is 4.79 Å². The molecule has 0 saturated heterocycles. The molecule has 8 nitrogen and oxygen atoms in total. The van der Waals surface area contributed by atoms with Crippen molar-refractivity contribution >= 4 is 35.1 Å². The van der Waals surface area contributed by atoms with E-state index in [1.165, 1.54) is 11.0 Å². The van der Waals surface area contributed by atoms with Gasteiger partial charge in [-0.15, -0.1) is 5.10 Å². The van der Waals surface area contributed by atoms with Crippen molar-refractivity contribution in [2.45, 2.75) is 20.1 Å². The number of benzene rings is 2.